The van der Waals surface area contributed by atoms with Crippen LogP contribution < -0.4 is 38.5 Å². The van der Waals surface area contributed by atoms with E-state index in [1.54, 1.807) is 27.5 Å². The third-order valence-corrected chi connectivity index (χ3v) is 31.9. The number of hydrogen-bond donors (Lipinski definition) is 0. The van der Waals surface area contributed by atoms with Crippen LogP contribution in [0, 0.1) is 5.92 Å². The minimum absolute atomic E-state index is 0. The molecule has 2 heterocycles. The van der Waals surface area contributed by atoms with Gasteiger partial charge < -0.3 is 24.8 Å². The Labute approximate surface area is 277 Å². The van der Waals surface area contributed by atoms with Crippen LogP contribution in [0.5, 0.6) is 0 Å². The van der Waals surface area contributed by atoms with Crippen LogP contribution in [0.4, 0.5) is 0 Å². The summed E-state index contributed by atoms with van der Waals surface area (Å²) in [6.45, 7) is 9.55. The van der Waals surface area contributed by atoms with Crippen molar-refractivity contribution in [1.29, 1.82) is 0 Å². The van der Waals surface area contributed by atoms with E-state index in [4.69, 9.17) is 0 Å². The standard InChI is InChI=1S/C27H27.C12H8Si.2ClH.Zr/c1-18(2)22-16-21-14-15-24(20-10-6-5-7-11-20)27(26(21)17-22)25-13-9-8-12-23(25)19(3)4;1-3-7-11-9(5-1)10-6-2-4-8-12(10)13-11;;;/h5-19H,1-4H3;1-7,13H;2*1H;/q;;;;+2/p-2. The topological polar surface area (TPSA) is 0 Å². The van der Waals surface area contributed by atoms with Crippen molar-refractivity contribution >= 4 is 25.6 Å². The SMILES string of the molecule is CC(C)C1=Cc2c(ccc(-c3ccccc3)c2-c2ccccc2C(C)C)[CH]1[Zr+2]1[c]2cccc3c2[SiH]1c1ccccc1-3.[Cl-].[Cl-]. The molecule has 8 rings (SSSR count). The van der Waals surface area contributed by atoms with Crippen molar-refractivity contribution in [2.75, 3.05) is 0 Å². The molecule has 2 aliphatic heterocycles. The number of halogens is 2. The Morgan fingerprint density at radius 1 is 0.605 bits per heavy atom. The van der Waals surface area contributed by atoms with E-state index in [2.05, 4.69) is 143 Å². The molecule has 0 amide bonds. The third kappa shape index (κ3) is 4.55. The summed E-state index contributed by atoms with van der Waals surface area (Å²) in [7, 11) is 0. The van der Waals surface area contributed by atoms with Crippen LogP contribution in [0.1, 0.15) is 53.9 Å². The molecule has 5 aromatic carbocycles. The first-order chi connectivity index (χ1) is 20.0. The number of allylic oxidation sites excluding steroid dienone is 1. The average Bonchev–Trinajstić information content (AvgIpc) is 3.52. The van der Waals surface area contributed by atoms with Gasteiger partial charge in [-0.15, -0.1) is 0 Å². The maximum Gasteiger partial charge on any atom is -1.00 e. The number of hydrogen-bond acceptors (Lipinski definition) is 0. The fourth-order valence-corrected chi connectivity index (χ4v) is 34.4. The van der Waals surface area contributed by atoms with Gasteiger partial charge in [-0.1, -0.05) is 0 Å². The zero-order valence-corrected chi connectivity index (χ0v) is 30.2. The zero-order chi connectivity index (χ0) is 27.8. The molecule has 0 radical (unpaired) electrons. The Balaban J connectivity index is 0.00000165. The number of rotatable bonds is 5. The van der Waals surface area contributed by atoms with Gasteiger partial charge in [0.2, 0.25) is 0 Å². The van der Waals surface area contributed by atoms with E-state index in [1.807, 2.05) is 8.46 Å². The monoisotopic (exact) mass is 691 g/mol. The Bertz CT molecular complexity index is 1870. The second kappa shape index (κ2) is 11.8. The van der Waals surface area contributed by atoms with Crippen LogP contribution in [0.2, 0.25) is 0 Å². The Hall–Kier alpha value is -2.48. The van der Waals surface area contributed by atoms with Gasteiger partial charge in [-0.2, -0.15) is 0 Å². The summed E-state index contributed by atoms with van der Waals surface area (Å²) in [5.41, 5.74) is 14.9. The van der Waals surface area contributed by atoms with Gasteiger partial charge in [0, 0.05) is 0 Å². The first-order valence-electron chi connectivity index (χ1n) is 15.2. The van der Waals surface area contributed by atoms with Crippen LogP contribution in [0.3, 0.4) is 0 Å². The van der Waals surface area contributed by atoms with Crippen molar-refractivity contribution in [1.82, 2.24) is 0 Å². The van der Waals surface area contributed by atoms with Crippen LogP contribution >= 0.6 is 0 Å². The van der Waals surface area contributed by atoms with E-state index >= 15 is 0 Å². The molecule has 213 valence electrons. The molecule has 1 aliphatic carbocycles. The van der Waals surface area contributed by atoms with Crippen molar-refractivity contribution in [2.45, 2.75) is 37.2 Å². The molecular formula is C39H35Cl2SiZr. The summed E-state index contributed by atoms with van der Waals surface area (Å²) in [5, 5.41) is 3.56. The minimum Gasteiger partial charge on any atom is -1.00 e. The predicted molar refractivity (Wildman–Crippen MR) is 175 cm³/mol. The van der Waals surface area contributed by atoms with Gasteiger partial charge in [0.1, 0.15) is 0 Å². The van der Waals surface area contributed by atoms with E-state index < -0.39 is 26.8 Å². The van der Waals surface area contributed by atoms with Gasteiger partial charge in [-0.3, -0.25) is 0 Å². The molecule has 0 fully saturated rings. The van der Waals surface area contributed by atoms with E-state index in [0.717, 1.165) is 0 Å². The second-order valence-corrected chi connectivity index (χ2v) is 27.6. The van der Waals surface area contributed by atoms with E-state index in [9.17, 15) is 0 Å². The van der Waals surface area contributed by atoms with Gasteiger partial charge >= 0.3 is 255 Å². The zero-order valence-electron chi connectivity index (χ0n) is 25.0. The van der Waals surface area contributed by atoms with Crippen molar-refractivity contribution < 1.29 is 45.7 Å². The average molecular weight is 694 g/mol. The molecule has 5 aromatic rings. The number of benzene rings is 5. The molecule has 0 aromatic heterocycles. The smallest absolute Gasteiger partial charge is 1.00 e. The van der Waals surface area contributed by atoms with Crippen molar-refractivity contribution in [3.63, 3.8) is 0 Å². The molecule has 0 spiro atoms. The summed E-state index contributed by atoms with van der Waals surface area (Å²) in [6.07, 6.45) is 2.66. The van der Waals surface area contributed by atoms with Gasteiger partial charge in [-0.25, -0.2) is 0 Å². The third-order valence-electron chi connectivity index (χ3n) is 9.73. The summed E-state index contributed by atoms with van der Waals surface area (Å²) in [6, 6.07) is 42.0. The fourth-order valence-electron chi connectivity index (χ4n) is 7.93. The molecule has 0 N–H and O–H groups in total. The van der Waals surface area contributed by atoms with Crippen molar-refractivity contribution in [3.8, 4) is 33.4 Å². The predicted octanol–water partition coefficient (Wildman–Crippen LogP) is 2.02. The van der Waals surface area contributed by atoms with Crippen LogP contribution in [0.25, 0.3) is 39.5 Å². The minimum atomic E-state index is -2.05. The van der Waals surface area contributed by atoms with E-state index in [0.29, 0.717) is 15.5 Å². The van der Waals surface area contributed by atoms with Crippen LogP contribution in [-0.2, 0) is 20.9 Å². The molecule has 4 heteroatoms. The first-order valence-corrected chi connectivity index (χ1v) is 23.8. The molecule has 2 unspecified atom stereocenters. The second-order valence-electron chi connectivity index (χ2n) is 12.6. The molecule has 0 saturated heterocycles. The van der Waals surface area contributed by atoms with Crippen molar-refractivity contribution in [3.05, 3.63) is 131 Å². The molecule has 0 bridgehead atoms. The van der Waals surface area contributed by atoms with E-state index in [-0.39, 0.29) is 24.8 Å². The Morgan fingerprint density at radius 2 is 1.28 bits per heavy atom. The maximum absolute atomic E-state index is 2.66. The van der Waals surface area contributed by atoms with Gasteiger partial charge in [-0.05, 0) is 0 Å². The van der Waals surface area contributed by atoms with E-state index in [1.165, 1.54) is 33.4 Å². The molecule has 3 aliphatic rings. The molecule has 0 nitrogen and oxygen atoms in total. The Morgan fingerprint density at radius 3 is 2.02 bits per heavy atom. The van der Waals surface area contributed by atoms with Crippen molar-refractivity contribution in [2.24, 2.45) is 5.92 Å². The Kier molecular flexibility index (Phi) is 8.38. The van der Waals surface area contributed by atoms with Crippen LogP contribution in [0.15, 0.2) is 115 Å². The largest absolute Gasteiger partial charge is 1.00 e. The van der Waals surface area contributed by atoms with Gasteiger partial charge in [0.05, 0.1) is 0 Å². The summed E-state index contributed by atoms with van der Waals surface area (Å²) in [5.74, 6) is -0.106. The molecule has 43 heavy (non-hydrogen) atoms. The maximum atomic E-state index is 2.66. The normalized spacial score (nSPS) is 17.0. The summed E-state index contributed by atoms with van der Waals surface area (Å²) >= 11 is -2.05. The summed E-state index contributed by atoms with van der Waals surface area (Å²) in [4.78, 5) is 0. The quantitative estimate of drug-likeness (QED) is 0.248. The fraction of sp³-hybridized carbons (Fsp3) is 0.179. The van der Waals surface area contributed by atoms with Gasteiger partial charge in [0.15, 0.2) is 0 Å². The van der Waals surface area contributed by atoms with Gasteiger partial charge in [0.25, 0.3) is 0 Å². The van der Waals surface area contributed by atoms with Crippen LogP contribution in [-0.4, -0.2) is 5.92 Å². The molecular weight excluding hydrogens is 659 g/mol. The molecule has 0 saturated carbocycles. The molecule has 2 atom stereocenters. The first kappa shape index (κ1) is 30.5. The number of fused-ring (bicyclic) bond motifs is 4. The summed E-state index contributed by atoms with van der Waals surface area (Å²) < 4.78 is 2.46.